The number of rotatable bonds is 7. The minimum Gasteiger partial charge on any atom is -0.444 e. The smallest absolute Gasteiger partial charge is 0.407 e. The maximum absolute atomic E-state index is 13.5. The molecule has 1 atom stereocenters. The quantitative estimate of drug-likeness (QED) is 0.626. The van der Waals surface area contributed by atoms with Crippen LogP contribution in [0.5, 0.6) is 0 Å². The number of benzene rings is 2. The zero-order valence-corrected chi connectivity index (χ0v) is 17.7. The summed E-state index contributed by atoms with van der Waals surface area (Å²) >= 11 is 0. The van der Waals surface area contributed by atoms with Crippen LogP contribution in [0.4, 0.5) is 13.6 Å². The second kappa shape index (κ2) is 9.53. The lowest BCUT2D eigenvalue weighted by Crippen LogP contribution is -2.43. The maximum atomic E-state index is 13.5. The first-order chi connectivity index (χ1) is 13.8. The maximum Gasteiger partial charge on any atom is 0.407 e. The fourth-order valence-corrected chi connectivity index (χ4v) is 3.61. The van der Waals surface area contributed by atoms with Crippen molar-refractivity contribution in [2.24, 2.45) is 0 Å². The van der Waals surface area contributed by atoms with E-state index in [0.717, 1.165) is 0 Å². The van der Waals surface area contributed by atoms with Gasteiger partial charge in [-0.1, -0.05) is 24.3 Å². The van der Waals surface area contributed by atoms with E-state index < -0.39 is 51.2 Å². The predicted octanol–water partition coefficient (Wildman–Crippen LogP) is 4.27. The highest BCUT2D eigenvalue weighted by Crippen LogP contribution is 2.31. The van der Waals surface area contributed by atoms with Gasteiger partial charge in [-0.25, -0.2) is 13.6 Å². The first-order valence-electron chi connectivity index (χ1n) is 9.30. The van der Waals surface area contributed by atoms with E-state index in [9.17, 15) is 26.5 Å². The van der Waals surface area contributed by atoms with Gasteiger partial charge in [0.25, 0.3) is 10.1 Å². The van der Waals surface area contributed by atoms with Crippen LogP contribution in [0.2, 0.25) is 0 Å². The SMILES string of the molecule is CC(C)(C)OC(=O)N[C@@H](CCS(=O)(=O)O)C(c1ccc(F)cc1)c1ccc(F)cc1. The Morgan fingerprint density at radius 1 is 1.00 bits per heavy atom. The molecule has 0 bridgehead atoms. The summed E-state index contributed by atoms with van der Waals surface area (Å²) in [4.78, 5) is 12.4. The molecule has 0 saturated heterocycles. The highest BCUT2D eigenvalue weighted by atomic mass is 32.2. The average molecular weight is 441 g/mol. The van der Waals surface area contributed by atoms with Crippen molar-refractivity contribution in [3.8, 4) is 0 Å². The zero-order valence-electron chi connectivity index (χ0n) is 16.9. The van der Waals surface area contributed by atoms with Crippen LogP contribution in [0, 0.1) is 11.6 Å². The van der Waals surface area contributed by atoms with Crippen LogP contribution < -0.4 is 5.32 Å². The Labute approximate surface area is 175 Å². The summed E-state index contributed by atoms with van der Waals surface area (Å²) in [7, 11) is -4.31. The van der Waals surface area contributed by atoms with Gasteiger partial charge < -0.3 is 10.1 Å². The monoisotopic (exact) mass is 441 g/mol. The lowest BCUT2D eigenvalue weighted by molar-refractivity contribution is 0.0498. The Morgan fingerprint density at radius 2 is 1.43 bits per heavy atom. The lowest BCUT2D eigenvalue weighted by Gasteiger charge is -2.30. The third kappa shape index (κ3) is 7.72. The lowest BCUT2D eigenvalue weighted by atomic mass is 9.84. The number of hydrogen-bond donors (Lipinski definition) is 2. The van der Waals surface area contributed by atoms with Crippen LogP contribution in [-0.4, -0.2) is 36.5 Å². The molecule has 2 rings (SSSR count). The summed E-state index contributed by atoms with van der Waals surface area (Å²) < 4.78 is 64.1. The van der Waals surface area contributed by atoms with Crippen molar-refractivity contribution in [1.29, 1.82) is 0 Å². The van der Waals surface area contributed by atoms with Gasteiger partial charge in [0.15, 0.2) is 0 Å². The first-order valence-corrected chi connectivity index (χ1v) is 10.9. The number of carbonyl (C=O) groups is 1. The number of ether oxygens (including phenoxy) is 1. The molecular weight excluding hydrogens is 416 g/mol. The van der Waals surface area contributed by atoms with Crippen LogP contribution in [0.3, 0.4) is 0 Å². The molecule has 164 valence electrons. The van der Waals surface area contributed by atoms with Crippen molar-refractivity contribution in [1.82, 2.24) is 5.32 Å². The van der Waals surface area contributed by atoms with Crippen LogP contribution in [-0.2, 0) is 14.9 Å². The van der Waals surface area contributed by atoms with Gasteiger partial charge in [0.1, 0.15) is 17.2 Å². The summed E-state index contributed by atoms with van der Waals surface area (Å²) in [5.41, 5.74) is 0.345. The highest BCUT2D eigenvalue weighted by Gasteiger charge is 2.29. The van der Waals surface area contributed by atoms with Gasteiger partial charge in [-0.2, -0.15) is 8.42 Å². The van der Waals surface area contributed by atoms with Gasteiger partial charge in [-0.3, -0.25) is 4.55 Å². The van der Waals surface area contributed by atoms with Gasteiger partial charge in [-0.05, 0) is 62.6 Å². The van der Waals surface area contributed by atoms with E-state index in [4.69, 9.17) is 4.74 Å². The largest absolute Gasteiger partial charge is 0.444 e. The van der Waals surface area contributed by atoms with Gasteiger partial charge in [0, 0.05) is 12.0 Å². The summed E-state index contributed by atoms with van der Waals surface area (Å²) in [6.45, 7) is 5.03. The number of halogens is 2. The van der Waals surface area contributed by atoms with E-state index in [0.29, 0.717) is 11.1 Å². The normalized spacial score (nSPS) is 13.2. The molecule has 0 saturated carbocycles. The topological polar surface area (TPSA) is 92.7 Å². The number of alkyl carbamates (subject to hydrolysis) is 1. The van der Waals surface area contributed by atoms with Gasteiger partial charge in [-0.15, -0.1) is 0 Å². The van der Waals surface area contributed by atoms with Crippen molar-refractivity contribution in [2.45, 2.75) is 44.8 Å². The van der Waals surface area contributed by atoms with Gasteiger partial charge in [0.05, 0.1) is 5.75 Å². The second-order valence-electron chi connectivity index (χ2n) is 7.91. The Bertz CT molecular complexity index is 909. The van der Waals surface area contributed by atoms with Gasteiger partial charge in [0.2, 0.25) is 0 Å². The fraction of sp³-hybridized carbons (Fsp3) is 0.381. The molecule has 6 nitrogen and oxygen atoms in total. The van der Waals surface area contributed by atoms with E-state index in [1.165, 1.54) is 48.5 Å². The van der Waals surface area contributed by atoms with E-state index in [-0.39, 0.29) is 6.42 Å². The molecular formula is C21H25F2NO5S. The molecule has 9 heteroatoms. The van der Waals surface area contributed by atoms with E-state index in [2.05, 4.69) is 5.32 Å². The third-order valence-electron chi connectivity index (χ3n) is 4.25. The van der Waals surface area contributed by atoms with Crippen molar-refractivity contribution in [2.75, 3.05) is 5.75 Å². The average Bonchev–Trinajstić information content (AvgIpc) is 2.60. The van der Waals surface area contributed by atoms with Crippen molar-refractivity contribution >= 4 is 16.2 Å². The molecule has 0 fully saturated rings. The second-order valence-corrected chi connectivity index (χ2v) is 9.48. The summed E-state index contributed by atoms with van der Waals surface area (Å²) in [5.74, 6) is -2.20. The minimum atomic E-state index is -4.31. The number of hydrogen-bond acceptors (Lipinski definition) is 4. The Morgan fingerprint density at radius 3 is 1.80 bits per heavy atom. The molecule has 0 aliphatic carbocycles. The molecule has 2 aromatic carbocycles. The van der Waals surface area contributed by atoms with Crippen LogP contribution in [0.15, 0.2) is 48.5 Å². The van der Waals surface area contributed by atoms with Crippen LogP contribution in [0.1, 0.15) is 44.2 Å². The molecule has 0 aliphatic rings. The molecule has 0 aliphatic heterocycles. The first kappa shape index (κ1) is 23.8. The molecule has 2 N–H and O–H groups in total. The molecule has 0 unspecified atom stereocenters. The number of carbonyl (C=O) groups excluding carboxylic acids is 1. The zero-order chi connectivity index (χ0) is 22.5. The predicted molar refractivity (Wildman–Crippen MR) is 109 cm³/mol. The minimum absolute atomic E-state index is 0.155. The fourth-order valence-electron chi connectivity index (χ4n) is 3.05. The van der Waals surface area contributed by atoms with Crippen molar-refractivity contribution in [3.63, 3.8) is 0 Å². The van der Waals surface area contributed by atoms with E-state index in [1.807, 2.05) is 0 Å². The van der Waals surface area contributed by atoms with Crippen LogP contribution in [0.25, 0.3) is 0 Å². The van der Waals surface area contributed by atoms with Crippen molar-refractivity contribution in [3.05, 3.63) is 71.3 Å². The Kier molecular flexibility index (Phi) is 7.54. The van der Waals surface area contributed by atoms with E-state index in [1.54, 1.807) is 20.8 Å². The third-order valence-corrected chi connectivity index (χ3v) is 5.00. The molecule has 0 radical (unpaired) electrons. The molecule has 2 aromatic rings. The number of nitrogens with one attached hydrogen (secondary N) is 1. The summed E-state index contributed by atoms with van der Waals surface area (Å²) in [6, 6.07) is 10.1. The molecule has 0 spiro atoms. The molecule has 1 amide bonds. The Balaban J connectivity index is 2.47. The summed E-state index contributed by atoms with van der Waals surface area (Å²) in [6.07, 6.45) is -0.936. The van der Waals surface area contributed by atoms with Crippen molar-refractivity contribution < 1.29 is 31.3 Å². The highest BCUT2D eigenvalue weighted by molar-refractivity contribution is 7.85. The Hall–Kier alpha value is -2.52. The number of amides is 1. The molecule has 30 heavy (non-hydrogen) atoms. The van der Waals surface area contributed by atoms with Crippen LogP contribution >= 0.6 is 0 Å². The van der Waals surface area contributed by atoms with E-state index >= 15 is 0 Å². The standard InChI is InChI=1S/C21H25F2NO5S/c1-21(2,3)29-20(25)24-18(12-13-30(26,27)28)19(14-4-8-16(22)9-5-14)15-6-10-17(23)11-7-15/h4-11,18-19H,12-13H2,1-3H3,(H,24,25)(H,26,27,28)/t18-/m0/s1. The van der Waals surface area contributed by atoms with Gasteiger partial charge >= 0.3 is 6.09 Å². The molecule has 0 heterocycles. The molecule has 0 aromatic heterocycles. The summed E-state index contributed by atoms with van der Waals surface area (Å²) in [5, 5.41) is 2.65.